The minimum Gasteiger partial charge on any atom is -0.375 e. The largest absolute Gasteiger partial charge is 0.375 e. The average Bonchev–Trinajstić information content (AvgIpc) is 3.02. The number of alkyl halides is 2. The van der Waals surface area contributed by atoms with Crippen molar-refractivity contribution in [3.8, 4) is 0 Å². The molecule has 4 nitrogen and oxygen atoms in total. The summed E-state index contributed by atoms with van der Waals surface area (Å²) in [5.74, 6) is -0.172. The summed E-state index contributed by atoms with van der Waals surface area (Å²) >= 11 is 0. The Hall–Kier alpha value is -0.750. The van der Waals surface area contributed by atoms with E-state index in [1.165, 1.54) is 0 Å². The van der Waals surface area contributed by atoms with Crippen molar-refractivity contribution in [3.63, 3.8) is 0 Å². The Bertz CT molecular complexity index is 233. The third kappa shape index (κ3) is 4.85. The summed E-state index contributed by atoms with van der Waals surface area (Å²) < 4.78 is 28.0. The van der Waals surface area contributed by atoms with Crippen LogP contribution in [0, 0.1) is 5.41 Å². The van der Waals surface area contributed by atoms with E-state index in [9.17, 15) is 13.6 Å². The van der Waals surface area contributed by atoms with E-state index in [2.05, 4.69) is 10.1 Å². The van der Waals surface area contributed by atoms with Gasteiger partial charge in [-0.1, -0.05) is 0 Å². The number of carbonyl (C=O) groups excluding carboxylic acids is 1. The van der Waals surface area contributed by atoms with Crippen LogP contribution in [-0.2, 0) is 9.53 Å². The summed E-state index contributed by atoms with van der Waals surface area (Å²) in [6.45, 7) is 0.582. The molecule has 3 N–H and O–H groups in total. The third-order valence-corrected chi connectivity index (χ3v) is 2.77. The summed E-state index contributed by atoms with van der Waals surface area (Å²) in [6.07, 6.45) is -0.264. The van der Waals surface area contributed by atoms with Gasteiger partial charge in [-0.3, -0.25) is 4.79 Å². The Balaban J connectivity index is 1.99. The van der Waals surface area contributed by atoms with Crippen molar-refractivity contribution < 1.29 is 18.3 Å². The van der Waals surface area contributed by atoms with Gasteiger partial charge in [-0.2, -0.15) is 0 Å². The van der Waals surface area contributed by atoms with Gasteiger partial charge in [0.05, 0.1) is 6.61 Å². The predicted octanol–water partition coefficient (Wildman–Crippen LogP) is 0.513. The minimum absolute atomic E-state index is 0.0335. The Labute approximate surface area is 93.5 Å². The van der Waals surface area contributed by atoms with E-state index < -0.39 is 13.0 Å². The van der Waals surface area contributed by atoms with E-state index in [1.54, 1.807) is 0 Å². The maximum Gasteiger partial charge on any atom is 0.261 e. The fourth-order valence-electron chi connectivity index (χ4n) is 1.34. The van der Waals surface area contributed by atoms with Gasteiger partial charge in [0.15, 0.2) is 0 Å². The molecule has 1 aliphatic carbocycles. The topological polar surface area (TPSA) is 64.3 Å². The van der Waals surface area contributed by atoms with E-state index in [4.69, 9.17) is 5.73 Å². The SMILES string of the molecule is NCC1(CNC(=O)CCOCC(F)F)CC1. The van der Waals surface area contributed by atoms with Crippen molar-refractivity contribution >= 4 is 5.91 Å². The van der Waals surface area contributed by atoms with E-state index >= 15 is 0 Å². The van der Waals surface area contributed by atoms with Gasteiger partial charge < -0.3 is 15.8 Å². The molecule has 0 heterocycles. The summed E-state index contributed by atoms with van der Waals surface area (Å²) in [4.78, 5) is 11.3. The maximum atomic E-state index is 11.7. The lowest BCUT2D eigenvalue weighted by Crippen LogP contribution is -2.34. The van der Waals surface area contributed by atoms with Crippen LogP contribution < -0.4 is 11.1 Å². The van der Waals surface area contributed by atoms with Gasteiger partial charge in [-0.15, -0.1) is 0 Å². The van der Waals surface area contributed by atoms with Crippen LogP contribution in [0.4, 0.5) is 8.78 Å². The summed E-state index contributed by atoms with van der Waals surface area (Å²) in [5.41, 5.74) is 5.65. The highest BCUT2D eigenvalue weighted by Gasteiger charge is 2.41. The summed E-state index contributed by atoms with van der Waals surface area (Å²) in [5, 5.41) is 2.74. The van der Waals surface area contributed by atoms with Gasteiger partial charge in [0.25, 0.3) is 6.43 Å². The third-order valence-electron chi connectivity index (χ3n) is 2.77. The van der Waals surface area contributed by atoms with Crippen LogP contribution in [0.25, 0.3) is 0 Å². The number of nitrogens with two attached hydrogens (primary N) is 1. The summed E-state index contributed by atoms with van der Waals surface area (Å²) in [7, 11) is 0. The van der Waals surface area contributed by atoms with Crippen LogP contribution in [0.2, 0.25) is 0 Å². The van der Waals surface area contributed by atoms with Crippen LogP contribution in [-0.4, -0.2) is 38.6 Å². The van der Waals surface area contributed by atoms with E-state index in [0.717, 1.165) is 12.8 Å². The van der Waals surface area contributed by atoms with Crippen molar-refractivity contribution in [1.82, 2.24) is 5.32 Å². The molecule has 0 radical (unpaired) electrons. The van der Waals surface area contributed by atoms with E-state index in [1.807, 2.05) is 0 Å². The zero-order valence-corrected chi connectivity index (χ0v) is 9.18. The average molecular weight is 236 g/mol. The van der Waals surface area contributed by atoms with Gasteiger partial charge in [-0.05, 0) is 24.8 Å². The monoisotopic (exact) mass is 236 g/mol. The molecule has 1 fully saturated rings. The molecule has 0 unspecified atom stereocenters. The van der Waals surface area contributed by atoms with Gasteiger partial charge >= 0.3 is 0 Å². The van der Waals surface area contributed by atoms with Crippen LogP contribution >= 0.6 is 0 Å². The quantitative estimate of drug-likeness (QED) is 0.604. The highest BCUT2D eigenvalue weighted by Crippen LogP contribution is 2.43. The van der Waals surface area contributed by atoms with Crippen LogP contribution in [0.3, 0.4) is 0 Å². The molecular weight excluding hydrogens is 218 g/mol. The summed E-state index contributed by atoms with van der Waals surface area (Å²) in [6, 6.07) is 0. The van der Waals surface area contributed by atoms with Crippen molar-refractivity contribution in [1.29, 1.82) is 0 Å². The molecular formula is C10H18F2N2O2. The Morgan fingerprint density at radius 1 is 1.50 bits per heavy atom. The molecule has 0 aromatic heterocycles. The number of ether oxygens (including phenoxy) is 1. The Morgan fingerprint density at radius 2 is 2.19 bits per heavy atom. The predicted molar refractivity (Wildman–Crippen MR) is 55.2 cm³/mol. The lowest BCUT2D eigenvalue weighted by molar-refractivity contribution is -0.122. The molecule has 0 aromatic rings. The zero-order valence-electron chi connectivity index (χ0n) is 9.18. The van der Waals surface area contributed by atoms with Gasteiger partial charge in [0, 0.05) is 13.0 Å². The van der Waals surface area contributed by atoms with Gasteiger partial charge in [-0.25, -0.2) is 8.78 Å². The molecule has 0 bridgehead atoms. The number of hydrogen-bond donors (Lipinski definition) is 2. The maximum absolute atomic E-state index is 11.7. The first-order valence-corrected chi connectivity index (χ1v) is 5.41. The lowest BCUT2D eigenvalue weighted by atomic mass is 10.1. The first-order valence-electron chi connectivity index (χ1n) is 5.41. The molecule has 0 spiro atoms. The fourth-order valence-corrected chi connectivity index (χ4v) is 1.34. The van der Waals surface area contributed by atoms with Gasteiger partial charge in [0.2, 0.25) is 5.91 Å². The van der Waals surface area contributed by atoms with Crippen molar-refractivity contribution in [2.24, 2.45) is 11.1 Å². The Kier molecular flexibility index (Phi) is 5.08. The second-order valence-corrected chi connectivity index (χ2v) is 4.20. The standard InChI is InChI=1S/C10H18F2N2O2/c11-8(12)5-16-4-1-9(15)14-7-10(6-13)2-3-10/h8H,1-7,13H2,(H,14,15). The van der Waals surface area contributed by atoms with E-state index in [-0.39, 0.29) is 24.3 Å². The van der Waals surface area contributed by atoms with E-state index in [0.29, 0.717) is 13.1 Å². The second-order valence-electron chi connectivity index (χ2n) is 4.20. The molecule has 6 heteroatoms. The highest BCUT2D eigenvalue weighted by atomic mass is 19.3. The molecule has 1 aliphatic rings. The van der Waals surface area contributed by atoms with Crippen molar-refractivity contribution in [3.05, 3.63) is 0 Å². The minimum atomic E-state index is -2.48. The highest BCUT2D eigenvalue weighted by molar-refractivity contribution is 5.76. The fraction of sp³-hybridized carbons (Fsp3) is 0.900. The second kappa shape index (κ2) is 6.10. The molecule has 0 aliphatic heterocycles. The van der Waals surface area contributed by atoms with Crippen LogP contribution in [0.15, 0.2) is 0 Å². The number of halogens is 2. The smallest absolute Gasteiger partial charge is 0.261 e. The van der Waals surface area contributed by atoms with Crippen molar-refractivity contribution in [2.75, 3.05) is 26.3 Å². The van der Waals surface area contributed by atoms with Crippen molar-refractivity contribution in [2.45, 2.75) is 25.7 Å². The molecule has 0 atom stereocenters. The molecule has 1 amide bonds. The lowest BCUT2D eigenvalue weighted by Gasteiger charge is -2.13. The first kappa shape index (κ1) is 13.3. The molecule has 94 valence electrons. The number of carbonyl (C=O) groups is 1. The molecule has 1 rings (SSSR count). The molecule has 0 saturated heterocycles. The van der Waals surface area contributed by atoms with Crippen LogP contribution in [0.1, 0.15) is 19.3 Å². The number of rotatable bonds is 8. The molecule has 16 heavy (non-hydrogen) atoms. The number of hydrogen-bond acceptors (Lipinski definition) is 3. The molecule has 0 aromatic carbocycles. The number of amides is 1. The van der Waals surface area contributed by atoms with Crippen LogP contribution in [0.5, 0.6) is 0 Å². The van der Waals surface area contributed by atoms with Gasteiger partial charge in [0.1, 0.15) is 6.61 Å². The first-order chi connectivity index (χ1) is 7.58. The Morgan fingerprint density at radius 3 is 2.69 bits per heavy atom. The normalized spacial score (nSPS) is 17.5. The molecule has 1 saturated carbocycles. The zero-order chi connectivity index (χ0) is 12.0. The number of nitrogens with one attached hydrogen (secondary N) is 1.